The molecular weight excluding hydrogens is 262 g/mol. The van der Waals surface area contributed by atoms with E-state index in [1.165, 1.54) is 0 Å². The van der Waals surface area contributed by atoms with Crippen LogP contribution in [0.5, 0.6) is 5.75 Å². The fourth-order valence-corrected chi connectivity index (χ4v) is 1.69. The van der Waals surface area contributed by atoms with Crippen molar-refractivity contribution < 1.29 is 9.53 Å². The molecule has 98 valence electrons. The van der Waals surface area contributed by atoms with Gasteiger partial charge >= 0.3 is 0 Å². The Morgan fingerprint density at radius 1 is 1.21 bits per heavy atom. The van der Waals surface area contributed by atoms with E-state index >= 15 is 0 Å². The van der Waals surface area contributed by atoms with Gasteiger partial charge in [0.05, 0.1) is 6.20 Å². The first-order valence-corrected chi connectivity index (χ1v) is 6.43. The van der Waals surface area contributed by atoms with E-state index in [1.807, 2.05) is 31.2 Å². The Labute approximate surface area is 117 Å². The number of hydrogen-bond donors (Lipinski definition) is 0. The van der Waals surface area contributed by atoms with Gasteiger partial charge in [0.2, 0.25) is 0 Å². The first-order chi connectivity index (χ1) is 9.19. The molecule has 2 rings (SSSR count). The zero-order valence-electron chi connectivity index (χ0n) is 10.6. The molecule has 0 amide bonds. The number of rotatable bonds is 5. The van der Waals surface area contributed by atoms with Crippen molar-refractivity contribution in [2.45, 2.75) is 20.0 Å². The van der Waals surface area contributed by atoms with Gasteiger partial charge in [0.15, 0.2) is 5.78 Å². The Balaban J connectivity index is 1.96. The predicted molar refractivity (Wildman–Crippen MR) is 74.6 cm³/mol. The van der Waals surface area contributed by atoms with Crippen molar-refractivity contribution in [1.29, 1.82) is 0 Å². The molecule has 0 unspecified atom stereocenters. The molecule has 0 bridgehead atoms. The number of carbonyl (C=O) groups excluding carboxylic acids is 1. The lowest BCUT2D eigenvalue weighted by Crippen LogP contribution is -2.01. The molecule has 0 radical (unpaired) electrons. The first kappa shape index (κ1) is 13.6. The van der Waals surface area contributed by atoms with Gasteiger partial charge in [-0.05, 0) is 29.8 Å². The minimum Gasteiger partial charge on any atom is -0.487 e. The van der Waals surface area contributed by atoms with E-state index in [-0.39, 0.29) is 5.78 Å². The molecule has 4 heteroatoms. The minimum absolute atomic E-state index is 0.0317. The SMILES string of the molecule is CCC(=O)c1ccc(OCc2ccc(Cl)cc2)cn1. The predicted octanol–water partition coefficient (Wildman–Crippen LogP) is 3.91. The third kappa shape index (κ3) is 3.80. The number of hydrogen-bond acceptors (Lipinski definition) is 3. The van der Waals surface area contributed by atoms with Gasteiger partial charge < -0.3 is 4.74 Å². The summed E-state index contributed by atoms with van der Waals surface area (Å²) in [5, 5.41) is 0.702. The zero-order chi connectivity index (χ0) is 13.7. The molecule has 0 saturated heterocycles. The van der Waals surface area contributed by atoms with Gasteiger partial charge in [0.1, 0.15) is 18.1 Å². The molecule has 1 aromatic carbocycles. The highest BCUT2D eigenvalue weighted by Crippen LogP contribution is 2.14. The van der Waals surface area contributed by atoms with E-state index in [0.717, 1.165) is 5.56 Å². The average molecular weight is 276 g/mol. The summed E-state index contributed by atoms with van der Waals surface area (Å²) in [5.41, 5.74) is 1.50. The number of benzene rings is 1. The molecule has 0 aliphatic rings. The minimum atomic E-state index is 0.0317. The summed E-state index contributed by atoms with van der Waals surface area (Å²) in [4.78, 5) is 15.5. The van der Waals surface area contributed by atoms with Crippen LogP contribution in [0.3, 0.4) is 0 Å². The van der Waals surface area contributed by atoms with Gasteiger partial charge in [-0.15, -0.1) is 0 Å². The first-order valence-electron chi connectivity index (χ1n) is 6.05. The van der Waals surface area contributed by atoms with Crippen LogP contribution in [0.1, 0.15) is 29.4 Å². The van der Waals surface area contributed by atoms with Crippen molar-refractivity contribution in [3.63, 3.8) is 0 Å². The summed E-state index contributed by atoms with van der Waals surface area (Å²) in [7, 11) is 0. The second-order valence-corrected chi connectivity index (χ2v) is 4.51. The van der Waals surface area contributed by atoms with Crippen molar-refractivity contribution in [2.24, 2.45) is 0 Å². The molecular formula is C15H14ClNO2. The van der Waals surface area contributed by atoms with Gasteiger partial charge in [-0.2, -0.15) is 0 Å². The third-order valence-electron chi connectivity index (χ3n) is 2.66. The molecule has 0 aliphatic carbocycles. The maximum Gasteiger partial charge on any atom is 0.180 e. The Morgan fingerprint density at radius 2 is 1.95 bits per heavy atom. The van der Waals surface area contributed by atoms with Crippen molar-refractivity contribution in [1.82, 2.24) is 4.98 Å². The molecule has 0 N–H and O–H groups in total. The lowest BCUT2D eigenvalue weighted by atomic mass is 10.2. The summed E-state index contributed by atoms with van der Waals surface area (Å²) in [6.07, 6.45) is 2.02. The van der Waals surface area contributed by atoms with Crippen LogP contribution < -0.4 is 4.74 Å². The maximum atomic E-state index is 11.4. The average Bonchev–Trinajstić information content (AvgIpc) is 2.46. The molecule has 0 fully saturated rings. The van der Waals surface area contributed by atoms with Crippen LogP contribution in [0.25, 0.3) is 0 Å². The van der Waals surface area contributed by atoms with Gasteiger partial charge in [-0.25, -0.2) is 4.98 Å². The fourth-order valence-electron chi connectivity index (χ4n) is 1.56. The lowest BCUT2D eigenvalue weighted by molar-refractivity contribution is 0.0983. The highest BCUT2D eigenvalue weighted by molar-refractivity contribution is 6.30. The van der Waals surface area contributed by atoms with Crippen LogP contribution in [-0.4, -0.2) is 10.8 Å². The number of carbonyl (C=O) groups is 1. The Morgan fingerprint density at radius 3 is 2.53 bits per heavy atom. The summed E-state index contributed by atoms with van der Waals surface area (Å²) in [5.74, 6) is 0.673. The largest absolute Gasteiger partial charge is 0.487 e. The normalized spacial score (nSPS) is 10.2. The Hall–Kier alpha value is -1.87. The number of aromatic nitrogens is 1. The number of ether oxygens (including phenoxy) is 1. The zero-order valence-corrected chi connectivity index (χ0v) is 11.4. The highest BCUT2D eigenvalue weighted by Gasteiger charge is 2.04. The van der Waals surface area contributed by atoms with Gasteiger partial charge in [0.25, 0.3) is 0 Å². The topological polar surface area (TPSA) is 39.2 Å². The molecule has 3 nitrogen and oxygen atoms in total. The molecule has 2 aromatic rings. The number of pyridine rings is 1. The molecule has 19 heavy (non-hydrogen) atoms. The van der Waals surface area contributed by atoms with Crippen LogP contribution in [0.4, 0.5) is 0 Å². The number of halogens is 1. The monoisotopic (exact) mass is 275 g/mol. The molecule has 0 aliphatic heterocycles. The Bertz CT molecular complexity index is 549. The van der Waals surface area contributed by atoms with Crippen molar-refractivity contribution in [3.8, 4) is 5.75 Å². The van der Waals surface area contributed by atoms with Crippen LogP contribution >= 0.6 is 11.6 Å². The third-order valence-corrected chi connectivity index (χ3v) is 2.91. The van der Waals surface area contributed by atoms with Crippen molar-refractivity contribution in [3.05, 3.63) is 58.9 Å². The van der Waals surface area contributed by atoms with E-state index in [4.69, 9.17) is 16.3 Å². The standard InChI is InChI=1S/C15H14ClNO2/c1-2-15(18)14-8-7-13(9-17-14)19-10-11-3-5-12(16)6-4-11/h3-9H,2,10H2,1H3. The van der Waals surface area contributed by atoms with Crippen LogP contribution in [0.15, 0.2) is 42.6 Å². The quantitative estimate of drug-likeness (QED) is 0.777. The second kappa shape index (κ2) is 6.34. The van der Waals surface area contributed by atoms with Gasteiger partial charge in [-0.3, -0.25) is 4.79 Å². The van der Waals surface area contributed by atoms with Crippen molar-refractivity contribution in [2.75, 3.05) is 0 Å². The van der Waals surface area contributed by atoms with E-state index in [1.54, 1.807) is 18.3 Å². The van der Waals surface area contributed by atoms with E-state index in [9.17, 15) is 4.79 Å². The Kier molecular flexibility index (Phi) is 4.53. The molecule has 0 atom stereocenters. The number of nitrogens with zero attached hydrogens (tertiary/aromatic N) is 1. The van der Waals surface area contributed by atoms with Crippen molar-refractivity contribution >= 4 is 17.4 Å². The molecule has 1 heterocycles. The summed E-state index contributed by atoms with van der Waals surface area (Å²) in [6.45, 7) is 2.26. The fraction of sp³-hybridized carbons (Fsp3) is 0.200. The number of ketones is 1. The number of Topliss-reactive ketones (excluding diaryl/α,β-unsaturated/α-hetero) is 1. The van der Waals surface area contributed by atoms with E-state index in [2.05, 4.69) is 4.98 Å². The van der Waals surface area contributed by atoms with E-state index in [0.29, 0.717) is 29.5 Å². The summed E-state index contributed by atoms with van der Waals surface area (Å²) in [6, 6.07) is 10.9. The van der Waals surface area contributed by atoms with Crippen LogP contribution in [0.2, 0.25) is 5.02 Å². The van der Waals surface area contributed by atoms with E-state index < -0.39 is 0 Å². The maximum absolute atomic E-state index is 11.4. The molecule has 0 saturated carbocycles. The lowest BCUT2D eigenvalue weighted by Gasteiger charge is -2.06. The summed E-state index contributed by atoms with van der Waals surface area (Å²) >= 11 is 5.81. The van der Waals surface area contributed by atoms with Crippen LogP contribution in [0, 0.1) is 0 Å². The summed E-state index contributed by atoms with van der Waals surface area (Å²) < 4.78 is 5.58. The highest BCUT2D eigenvalue weighted by atomic mass is 35.5. The van der Waals surface area contributed by atoms with Gasteiger partial charge in [-0.1, -0.05) is 30.7 Å². The molecule has 1 aromatic heterocycles. The van der Waals surface area contributed by atoms with Crippen LogP contribution in [-0.2, 0) is 6.61 Å². The molecule has 0 spiro atoms. The smallest absolute Gasteiger partial charge is 0.180 e. The second-order valence-electron chi connectivity index (χ2n) is 4.07. The van der Waals surface area contributed by atoms with Gasteiger partial charge in [0, 0.05) is 11.4 Å².